The Labute approximate surface area is 203 Å². The van der Waals surface area contributed by atoms with Crippen LogP contribution in [0.5, 0.6) is 0 Å². The predicted octanol–water partition coefficient (Wildman–Crippen LogP) is 9.43. The number of hydrogen-bond donors (Lipinski definition) is 0. The molecule has 0 unspecified atom stereocenters. The lowest BCUT2D eigenvalue weighted by molar-refractivity contribution is 1.37. The van der Waals surface area contributed by atoms with Gasteiger partial charge >= 0.3 is 0 Å². The van der Waals surface area contributed by atoms with E-state index in [2.05, 4.69) is 121 Å². The molecule has 0 radical (unpaired) electrons. The van der Waals surface area contributed by atoms with E-state index in [1.54, 1.807) is 0 Å². The Balaban J connectivity index is 1.65. The van der Waals surface area contributed by atoms with E-state index < -0.39 is 0 Å². The Kier molecular flexibility index (Phi) is 3.59. The van der Waals surface area contributed by atoms with Gasteiger partial charge in [-0.15, -0.1) is 0 Å². The molecule has 0 spiro atoms. The molecule has 164 valence electrons. The van der Waals surface area contributed by atoms with Gasteiger partial charge in [0.15, 0.2) is 0 Å². The summed E-state index contributed by atoms with van der Waals surface area (Å²) < 4.78 is 2.50. The van der Waals surface area contributed by atoms with Crippen LogP contribution in [0.2, 0.25) is 0 Å². The highest BCUT2D eigenvalue weighted by atomic mass is 14.9. The van der Waals surface area contributed by atoms with Crippen LogP contribution >= 0.6 is 0 Å². The molecule has 0 aliphatic carbocycles. The Bertz CT molecular complexity index is 1980. The average molecular weight is 446 g/mol. The van der Waals surface area contributed by atoms with Crippen molar-refractivity contribution < 1.29 is 0 Å². The SMILES string of the molecule is Cc1cccc(C)c1-c1cc2c3cc4ccccc4cc3n3c4cc5ccccc5cc4c(c1)c23. The Morgan fingerprint density at radius 1 is 0.457 bits per heavy atom. The second-order valence-electron chi connectivity index (χ2n) is 9.96. The fourth-order valence-electron chi connectivity index (χ4n) is 6.33. The number of aryl methyl sites for hydroxylation is 2. The highest BCUT2D eigenvalue weighted by Gasteiger charge is 2.20. The third kappa shape index (κ3) is 2.48. The van der Waals surface area contributed by atoms with Gasteiger partial charge in [-0.25, -0.2) is 0 Å². The molecule has 1 heteroatoms. The molecule has 0 saturated carbocycles. The summed E-state index contributed by atoms with van der Waals surface area (Å²) in [5, 5.41) is 10.5. The largest absolute Gasteiger partial charge is 0.308 e. The van der Waals surface area contributed by atoms with Crippen molar-refractivity contribution in [1.82, 2.24) is 4.40 Å². The second kappa shape index (κ2) is 6.61. The van der Waals surface area contributed by atoms with Gasteiger partial charge in [-0.1, -0.05) is 66.7 Å². The van der Waals surface area contributed by atoms with Crippen LogP contribution in [0.3, 0.4) is 0 Å². The van der Waals surface area contributed by atoms with Gasteiger partial charge in [0, 0.05) is 21.5 Å². The van der Waals surface area contributed by atoms with Crippen molar-refractivity contribution in [2.75, 3.05) is 0 Å². The van der Waals surface area contributed by atoms with Gasteiger partial charge in [-0.2, -0.15) is 0 Å². The molecule has 0 N–H and O–H groups in total. The average Bonchev–Trinajstić information content (AvgIpc) is 3.36. The maximum absolute atomic E-state index is 2.50. The minimum absolute atomic E-state index is 1.28. The number of nitrogens with zero attached hydrogens (tertiary/aromatic N) is 1. The van der Waals surface area contributed by atoms with Crippen LogP contribution < -0.4 is 0 Å². The van der Waals surface area contributed by atoms with Crippen LogP contribution in [0, 0.1) is 13.8 Å². The second-order valence-corrected chi connectivity index (χ2v) is 9.96. The van der Waals surface area contributed by atoms with E-state index in [-0.39, 0.29) is 0 Å². The van der Waals surface area contributed by atoms with Crippen LogP contribution in [0.25, 0.3) is 70.8 Å². The summed E-state index contributed by atoms with van der Waals surface area (Å²) in [5.41, 5.74) is 9.19. The highest BCUT2D eigenvalue weighted by molar-refractivity contribution is 6.27. The van der Waals surface area contributed by atoms with E-state index in [4.69, 9.17) is 0 Å². The number of rotatable bonds is 1. The van der Waals surface area contributed by atoms with Crippen LogP contribution in [0.1, 0.15) is 11.1 Å². The van der Waals surface area contributed by atoms with Gasteiger partial charge in [0.25, 0.3) is 0 Å². The molecule has 0 bridgehead atoms. The summed E-state index contributed by atoms with van der Waals surface area (Å²) in [5.74, 6) is 0. The first kappa shape index (κ1) is 19.0. The fourth-order valence-corrected chi connectivity index (χ4v) is 6.33. The monoisotopic (exact) mass is 445 g/mol. The summed E-state index contributed by atoms with van der Waals surface area (Å²) in [6, 6.07) is 38.4. The standard InChI is InChI=1S/C34H23N/c1-20-8-7-9-21(2)33(20)26-16-29-27-14-22-10-3-5-12-24(22)18-31(27)35-32-19-25-13-6-4-11-23(25)15-28(32)30(17-26)34(29)35/h3-19H,1-2H3. The predicted molar refractivity (Wildman–Crippen MR) is 151 cm³/mol. The number of fused-ring (bicyclic) bond motifs is 8. The van der Waals surface area contributed by atoms with E-state index in [1.165, 1.54) is 81.9 Å². The summed E-state index contributed by atoms with van der Waals surface area (Å²) in [6.07, 6.45) is 0. The smallest absolute Gasteiger partial charge is 0.0620 e. The van der Waals surface area contributed by atoms with Crippen molar-refractivity contribution in [2.45, 2.75) is 13.8 Å². The van der Waals surface area contributed by atoms with E-state index in [0.717, 1.165) is 0 Å². The van der Waals surface area contributed by atoms with Crippen molar-refractivity contribution in [2.24, 2.45) is 0 Å². The van der Waals surface area contributed by atoms with Crippen molar-refractivity contribution >= 4 is 59.6 Å². The molecule has 0 aliphatic rings. The first-order chi connectivity index (χ1) is 17.2. The van der Waals surface area contributed by atoms with Crippen molar-refractivity contribution in [3.05, 3.63) is 114 Å². The number of aromatic nitrogens is 1. The zero-order chi connectivity index (χ0) is 23.3. The maximum atomic E-state index is 2.50. The molecule has 2 aromatic heterocycles. The summed E-state index contributed by atoms with van der Waals surface area (Å²) in [7, 11) is 0. The quantitative estimate of drug-likeness (QED) is 0.237. The highest BCUT2D eigenvalue weighted by Crippen LogP contribution is 2.44. The van der Waals surface area contributed by atoms with Crippen molar-refractivity contribution in [3.63, 3.8) is 0 Å². The summed E-state index contributed by atoms with van der Waals surface area (Å²) >= 11 is 0. The zero-order valence-corrected chi connectivity index (χ0v) is 19.8. The summed E-state index contributed by atoms with van der Waals surface area (Å²) in [4.78, 5) is 0. The molecule has 1 nitrogen and oxygen atoms in total. The molecule has 0 saturated heterocycles. The summed E-state index contributed by atoms with van der Waals surface area (Å²) in [6.45, 7) is 4.45. The lowest BCUT2D eigenvalue weighted by Gasteiger charge is -2.11. The van der Waals surface area contributed by atoms with Gasteiger partial charge in [-0.05, 0) is 94.0 Å². The van der Waals surface area contributed by atoms with Crippen LogP contribution in [0.15, 0.2) is 103 Å². The third-order valence-corrected chi connectivity index (χ3v) is 7.89. The molecule has 2 heterocycles. The maximum Gasteiger partial charge on any atom is 0.0620 e. The molecular weight excluding hydrogens is 422 g/mol. The Morgan fingerprint density at radius 2 is 0.914 bits per heavy atom. The van der Waals surface area contributed by atoms with E-state index in [1.807, 2.05) is 0 Å². The van der Waals surface area contributed by atoms with Gasteiger partial charge < -0.3 is 4.40 Å². The molecule has 0 aliphatic heterocycles. The molecule has 0 amide bonds. The van der Waals surface area contributed by atoms with E-state index >= 15 is 0 Å². The van der Waals surface area contributed by atoms with E-state index in [9.17, 15) is 0 Å². The number of benzene rings is 6. The van der Waals surface area contributed by atoms with Gasteiger partial charge in [0.1, 0.15) is 0 Å². The molecule has 8 aromatic rings. The van der Waals surface area contributed by atoms with Crippen LogP contribution in [0.4, 0.5) is 0 Å². The molecule has 0 atom stereocenters. The molecule has 8 rings (SSSR count). The van der Waals surface area contributed by atoms with Crippen LogP contribution in [-0.4, -0.2) is 4.40 Å². The lowest BCUT2D eigenvalue weighted by Crippen LogP contribution is -1.88. The topological polar surface area (TPSA) is 4.41 Å². The zero-order valence-electron chi connectivity index (χ0n) is 19.8. The van der Waals surface area contributed by atoms with Crippen LogP contribution in [-0.2, 0) is 0 Å². The van der Waals surface area contributed by atoms with Gasteiger partial charge in [0.05, 0.1) is 16.6 Å². The molecule has 6 aromatic carbocycles. The minimum Gasteiger partial charge on any atom is -0.308 e. The first-order valence-electron chi connectivity index (χ1n) is 12.3. The van der Waals surface area contributed by atoms with E-state index in [0.29, 0.717) is 0 Å². The Hall–Kier alpha value is -4.36. The molecular formula is C34H23N. The molecule has 35 heavy (non-hydrogen) atoms. The minimum atomic E-state index is 1.28. The fraction of sp³-hybridized carbons (Fsp3) is 0.0588. The normalized spacial score (nSPS) is 12.3. The van der Waals surface area contributed by atoms with Crippen molar-refractivity contribution in [3.8, 4) is 11.1 Å². The molecule has 0 fully saturated rings. The third-order valence-electron chi connectivity index (χ3n) is 7.89. The van der Waals surface area contributed by atoms with Gasteiger partial charge in [0.2, 0.25) is 0 Å². The lowest BCUT2D eigenvalue weighted by atomic mass is 9.93. The Morgan fingerprint density at radius 3 is 1.40 bits per heavy atom. The van der Waals surface area contributed by atoms with Gasteiger partial charge in [-0.3, -0.25) is 0 Å². The first-order valence-corrected chi connectivity index (χ1v) is 12.3. The number of hydrogen-bond acceptors (Lipinski definition) is 0. The van der Waals surface area contributed by atoms with Crippen molar-refractivity contribution in [1.29, 1.82) is 0 Å².